The Morgan fingerprint density at radius 2 is 1.65 bits per heavy atom. The van der Waals surface area contributed by atoms with Gasteiger partial charge in [-0.2, -0.15) is 8.78 Å². The summed E-state index contributed by atoms with van der Waals surface area (Å²) in [5.41, 5.74) is 0.522. The van der Waals surface area contributed by atoms with Crippen molar-refractivity contribution in [1.82, 2.24) is 9.97 Å². The summed E-state index contributed by atoms with van der Waals surface area (Å²) in [6.07, 6.45) is -2.84. The van der Waals surface area contributed by atoms with Gasteiger partial charge in [0.05, 0.1) is 6.54 Å². The number of anilines is 2. The largest absolute Gasteiger partial charge is 0.370 e. The predicted octanol–water partition coefficient (Wildman–Crippen LogP) is 3.23. The molecule has 0 aliphatic heterocycles. The molecule has 114 valence electrons. The van der Waals surface area contributed by atoms with Crippen molar-refractivity contribution in [3.8, 4) is 0 Å². The number of aryl methyl sites for hydroxylation is 1. The van der Waals surface area contributed by atoms with Gasteiger partial charge >= 0.3 is 12.3 Å². The van der Waals surface area contributed by atoms with E-state index in [9.17, 15) is 17.6 Å². The highest BCUT2D eigenvalue weighted by molar-refractivity contribution is 5.57. The maximum Gasteiger partial charge on any atom is 0.324 e. The van der Waals surface area contributed by atoms with Gasteiger partial charge < -0.3 is 10.6 Å². The van der Waals surface area contributed by atoms with E-state index >= 15 is 0 Å². The Labute approximate surface area is 115 Å². The third-order valence-corrected chi connectivity index (χ3v) is 2.61. The molecule has 1 aromatic heterocycles. The third-order valence-electron chi connectivity index (χ3n) is 2.61. The third kappa shape index (κ3) is 4.21. The summed E-state index contributed by atoms with van der Waals surface area (Å²) in [5.74, 6) is -3.07. The first kappa shape index (κ1) is 16.5. The Hall–Kier alpha value is -1.60. The van der Waals surface area contributed by atoms with Crippen LogP contribution in [-0.2, 0) is 0 Å². The molecule has 2 N–H and O–H groups in total. The molecule has 0 aliphatic carbocycles. The van der Waals surface area contributed by atoms with Crippen molar-refractivity contribution < 1.29 is 17.6 Å². The Kier molecular flexibility index (Phi) is 5.52. The standard InChI is InChI=1S/C12H18F4N4/c1-4-5-17-9-7(2)10(20-8(3)19-9)18-6-12(15,16)11(13)14/h11H,4-6H2,1-3H3,(H2,17,18,19,20). The lowest BCUT2D eigenvalue weighted by Crippen LogP contribution is -2.35. The molecule has 0 saturated heterocycles. The second-order valence-corrected chi connectivity index (χ2v) is 4.44. The number of alkyl halides is 4. The first-order valence-corrected chi connectivity index (χ1v) is 6.27. The van der Waals surface area contributed by atoms with Crippen molar-refractivity contribution in [1.29, 1.82) is 0 Å². The molecule has 0 atom stereocenters. The number of hydrogen-bond acceptors (Lipinski definition) is 4. The van der Waals surface area contributed by atoms with Crippen LogP contribution in [-0.4, -0.2) is 35.4 Å². The average Bonchev–Trinajstić information content (AvgIpc) is 2.37. The molecule has 1 aromatic rings. The molecule has 8 heteroatoms. The minimum absolute atomic E-state index is 0.136. The molecular weight excluding hydrogens is 276 g/mol. The van der Waals surface area contributed by atoms with Crippen LogP contribution in [0.1, 0.15) is 24.7 Å². The summed E-state index contributed by atoms with van der Waals surface area (Å²) < 4.78 is 50.0. The smallest absolute Gasteiger partial charge is 0.324 e. The van der Waals surface area contributed by atoms with Crippen molar-refractivity contribution in [2.45, 2.75) is 39.5 Å². The maximum absolute atomic E-state index is 12.9. The van der Waals surface area contributed by atoms with Crippen LogP contribution in [0.2, 0.25) is 0 Å². The quantitative estimate of drug-likeness (QED) is 0.758. The molecule has 4 nitrogen and oxygen atoms in total. The summed E-state index contributed by atoms with van der Waals surface area (Å²) in [5, 5.41) is 5.31. The lowest BCUT2D eigenvalue weighted by Gasteiger charge is -2.18. The molecule has 0 radical (unpaired) electrons. The Morgan fingerprint density at radius 3 is 2.15 bits per heavy atom. The summed E-state index contributed by atoms with van der Waals surface area (Å²) in [6.45, 7) is 4.71. The number of hydrogen-bond donors (Lipinski definition) is 2. The van der Waals surface area contributed by atoms with Gasteiger partial charge in [0.15, 0.2) is 0 Å². The number of aromatic nitrogens is 2. The van der Waals surface area contributed by atoms with Gasteiger partial charge in [0.1, 0.15) is 17.5 Å². The highest BCUT2D eigenvalue weighted by Gasteiger charge is 2.40. The normalized spacial score (nSPS) is 11.8. The van der Waals surface area contributed by atoms with Gasteiger partial charge in [-0.15, -0.1) is 0 Å². The van der Waals surface area contributed by atoms with Gasteiger partial charge in [0.2, 0.25) is 0 Å². The topological polar surface area (TPSA) is 49.8 Å². The Morgan fingerprint density at radius 1 is 1.10 bits per heavy atom. The van der Waals surface area contributed by atoms with Crippen molar-refractivity contribution in [3.63, 3.8) is 0 Å². The van der Waals surface area contributed by atoms with Gasteiger partial charge in [-0.1, -0.05) is 6.92 Å². The molecule has 0 aromatic carbocycles. The summed E-state index contributed by atoms with van der Waals surface area (Å²) in [6, 6.07) is 0. The van der Waals surface area contributed by atoms with E-state index in [0.717, 1.165) is 6.42 Å². The average molecular weight is 294 g/mol. The summed E-state index contributed by atoms with van der Waals surface area (Å²) in [4.78, 5) is 8.12. The highest BCUT2D eigenvalue weighted by atomic mass is 19.3. The second kappa shape index (κ2) is 6.71. The van der Waals surface area contributed by atoms with Crippen LogP contribution < -0.4 is 10.6 Å². The zero-order valence-corrected chi connectivity index (χ0v) is 11.6. The molecular formula is C12H18F4N4. The zero-order valence-electron chi connectivity index (χ0n) is 11.6. The van der Waals surface area contributed by atoms with Crippen molar-refractivity contribution in [2.75, 3.05) is 23.7 Å². The molecule has 0 amide bonds. The predicted molar refractivity (Wildman–Crippen MR) is 69.7 cm³/mol. The highest BCUT2D eigenvalue weighted by Crippen LogP contribution is 2.25. The van der Waals surface area contributed by atoms with Gasteiger partial charge in [0.25, 0.3) is 0 Å². The first-order chi connectivity index (χ1) is 9.27. The maximum atomic E-state index is 12.9. The first-order valence-electron chi connectivity index (χ1n) is 6.27. The molecule has 0 spiro atoms. The fraction of sp³-hybridized carbons (Fsp3) is 0.667. The van der Waals surface area contributed by atoms with Crippen LogP contribution in [0.3, 0.4) is 0 Å². The Balaban J connectivity index is 2.87. The molecule has 1 heterocycles. The molecule has 0 fully saturated rings. The van der Waals surface area contributed by atoms with E-state index in [0.29, 0.717) is 23.8 Å². The number of nitrogens with zero attached hydrogens (tertiary/aromatic N) is 2. The van der Waals surface area contributed by atoms with Gasteiger partial charge in [-0.3, -0.25) is 0 Å². The fourth-order valence-electron chi connectivity index (χ4n) is 1.49. The van der Waals surface area contributed by atoms with E-state index in [4.69, 9.17) is 0 Å². The van der Waals surface area contributed by atoms with E-state index in [2.05, 4.69) is 20.6 Å². The monoisotopic (exact) mass is 294 g/mol. The molecule has 0 unspecified atom stereocenters. The second-order valence-electron chi connectivity index (χ2n) is 4.44. The molecule has 0 bridgehead atoms. The van der Waals surface area contributed by atoms with E-state index < -0.39 is 18.9 Å². The van der Waals surface area contributed by atoms with Crippen LogP contribution in [0.25, 0.3) is 0 Å². The molecule has 1 rings (SSSR count). The molecule has 0 saturated carbocycles. The number of rotatable bonds is 7. The van der Waals surface area contributed by atoms with Crippen LogP contribution in [0.15, 0.2) is 0 Å². The minimum Gasteiger partial charge on any atom is -0.370 e. The van der Waals surface area contributed by atoms with E-state index in [1.165, 1.54) is 0 Å². The van der Waals surface area contributed by atoms with Crippen LogP contribution >= 0.6 is 0 Å². The van der Waals surface area contributed by atoms with Crippen molar-refractivity contribution in [2.24, 2.45) is 0 Å². The summed E-state index contributed by atoms with van der Waals surface area (Å²) in [7, 11) is 0. The van der Waals surface area contributed by atoms with Gasteiger partial charge in [-0.25, -0.2) is 18.7 Å². The van der Waals surface area contributed by atoms with E-state index in [-0.39, 0.29) is 5.82 Å². The number of nitrogens with one attached hydrogen (secondary N) is 2. The van der Waals surface area contributed by atoms with E-state index in [1.54, 1.807) is 13.8 Å². The minimum atomic E-state index is -4.09. The SMILES string of the molecule is CCCNc1nc(C)nc(NCC(F)(F)C(F)F)c1C. The van der Waals surface area contributed by atoms with Crippen LogP contribution in [0.4, 0.5) is 29.2 Å². The molecule has 0 aliphatic rings. The number of halogens is 4. The van der Waals surface area contributed by atoms with Crippen molar-refractivity contribution in [3.05, 3.63) is 11.4 Å². The zero-order chi connectivity index (χ0) is 15.3. The lowest BCUT2D eigenvalue weighted by molar-refractivity contribution is -0.117. The van der Waals surface area contributed by atoms with Gasteiger partial charge in [-0.05, 0) is 20.3 Å². The van der Waals surface area contributed by atoms with Crippen LogP contribution in [0, 0.1) is 13.8 Å². The van der Waals surface area contributed by atoms with Crippen molar-refractivity contribution >= 4 is 11.6 Å². The van der Waals surface area contributed by atoms with Crippen LogP contribution in [0.5, 0.6) is 0 Å². The molecule has 20 heavy (non-hydrogen) atoms. The fourth-order valence-corrected chi connectivity index (χ4v) is 1.49. The Bertz CT molecular complexity index is 451. The van der Waals surface area contributed by atoms with E-state index in [1.807, 2.05) is 6.92 Å². The lowest BCUT2D eigenvalue weighted by atomic mass is 10.2. The van der Waals surface area contributed by atoms with Gasteiger partial charge in [0, 0.05) is 12.1 Å². The summed E-state index contributed by atoms with van der Waals surface area (Å²) >= 11 is 0.